The third-order valence-corrected chi connectivity index (χ3v) is 3.02. The highest BCUT2D eigenvalue weighted by atomic mass is 79.9. The van der Waals surface area contributed by atoms with Crippen molar-refractivity contribution in [3.05, 3.63) is 45.3 Å². The van der Waals surface area contributed by atoms with E-state index in [0.29, 0.717) is 17.0 Å². The van der Waals surface area contributed by atoms with Crippen molar-refractivity contribution in [1.82, 2.24) is 5.16 Å². The van der Waals surface area contributed by atoms with Crippen LogP contribution in [-0.2, 0) is 0 Å². The molecule has 5 heteroatoms. The first-order chi connectivity index (χ1) is 8.47. The lowest BCUT2D eigenvalue weighted by Crippen LogP contribution is -2.13. The molecule has 18 heavy (non-hydrogen) atoms. The molecule has 0 saturated carbocycles. The van der Waals surface area contributed by atoms with Crippen molar-refractivity contribution in [2.24, 2.45) is 0 Å². The first-order valence-electron chi connectivity index (χ1n) is 5.49. The first-order valence-corrected chi connectivity index (χ1v) is 6.28. The molecule has 0 spiro atoms. The zero-order valence-corrected chi connectivity index (χ0v) is 12.0. The Kier molecular flexibility index (Phi) is 3.52. The van der Waals surface area contributed by atoms with Crippen molar-refractivity contribution in [2.45, 2.75) is 20.8 Å². The number of carbonyl (C=O) groups excluding carboxylic acids is 1. The molecule has 0 atom stereocenters. The van der Waals surface area contributed by atoms with Crippen molar-refractivity contribution in [1.29, 1.82) is 0 Å². The molecule has 0 unspecified atom stereocenters. The summed E-state index contributed by atoms with van der Waals surface area (Å²) < 4.78 is 5.91. The van der Waals surface area contributed by atoms with Gasteiger partial charge in [0.15, 0.2) is 0 Å². The van der Waals surface area contributed by atoms with Gasteiger partial charge < -0.3 is 9.84 Å². The Labute approximate surface area is 113 Å². The normalized spacial score (nSPS) is 10.4. The van der Waals surface area contributed by atoms with Crippen molar-refractivity contribution < 1.29 is 9.32 Å². The maximum absolute atomic E-state index is 12.1. The predicted octanol–water partition coefficient (Wildman–Crippen LogP) is 3.61. The number of nitrogens with one attached hydrogen (secondary N) is 1. The molecule has 0 bridgehead atoms. The molecule has 0 aliphatic heterocycles. The first kappa shape index (κ1) is 12.8. The van der Waals surface area contributed by atoms with Gasteiger partial charge in [-0.3, -0.25) is 4.79 Å². The fraction of sp³-hybridized carbons (Fsp3) is 0.231. The Hall–Kier alpha value is -1.62. The number of amides is 1. The number of halogens is 1. The van der Waals surface area contributed by atoms with Crippen LogP contribution in [0, 0.1) is 20.8 Å². The molecule has 0 saturated heterocycles. The molecule has 0 aliphatic rings. The number of nitrogens with zero attached hydrogens (tertiary/aromatic N) is 1. The third kappa shape index (κ3) is 2.61. The largest absolute Gasteiger partial charge is 0.361 e. The lowest BCUT2D eigenvalue weighted by molar-refractivity contribution is 0.102. The lowest BCUT2D eigenvalue weighted by atomic mass is 10.1. The van der Waals surface area contributed by atoms with Crippen molar-refractivity contribution in [3.63, 3.8) is 0 Å². The van der Waals surface area contributed by atoms with Crippen LogP contribution in [0.3, 0.4) is 0 Å². The number of benzene rings is 1. The molecular formula is C13H13BrN2O2. The van der Waals surface area contributed by atoms with Gasteiger partial charge in [0.05, 0.1) is 5.69 Å². The minimum atomic E-state index is -0.205. The molecule has 0 aliphatic carbocycles. The van der Waals surface area contributed by atoms with Gasteiger partial charge in [0.1, 0.15) is 11.3 Å². The zero-order valence-electron chi connectivity index (χ0n) is 10.4. The molecule has 2 rings (SSSR count). The van der Waals surface area contributed by atoms with E-state index in [9.17, 15) is 4.79 Å². The SMILES string of the molecule is Cc1cc(Br)cc(NC(=O)c2c(C)noc2C)c1. The van der Waals surface area contributed by atoms with Gasteiger partial charge in [-0.15, -0.1) is 0 Å². The summed E-state index contributed by atoms with van der Waals surface area (Å²) in [6.07, 6.45) is 0. The summed E-state index contributed by atoms with van der Waals surface area (Å²) in [5.74, 6) is 0.320. The highest BCUT2D eigenvalue weighted by Gasteiger charge is 2.17. The van der Waals surface area contributed by atoms with Gasteiger partial charge in [0.2, 0.25) is 0 Å². The molecule has 0 radical (unpaired) electrons. The zero-order chi connectivity index (χ0) is 13.3. The van der Waals surface area contributed by atoms with E-state index in [2.05, 4.69) is 26.4 Å². The Balaban J connectivity index is 2.27. The van der Waals surface area contributed by atoms with Crippen molar-refractivity contribution in [3.8, 4) is 0 Å². The van der Waals surface area contributed by atoms with Gasteiger partial charge in [0, 0.05) is 10.2 Å². The number of rotatable bonds is 2. The number of aromatic nitrogens is 1. The van der Waals surface area contributed by atoms with Crippen LogP contribution in [0.5, 0.6) is 0 Å². The molecule has 4 nitrogen and oxygen atoms in total. The second kappa shape index (κ2) is 4.94. The molecule has 1 aromatic carbocycles. The van der Waals surface area contributed by atoms with E-state index in [-0.39, 0.29) is 5.91 Å². The van der Waals surface area contributed by atoms with Crippen LogP contribution in [0.1, 0.15) is 27.4 Å². The molecule has 1 aromatic heterocycles. The predicted molar refractivity (Wildman–Crippen MR) is 72.8 cm³/mol. The maximum Gasteiger partial charge on any atom is 0.261 e. The van der Waals surface area contributed by atoms with E-state index < -0.39 is 0 Å². The summed E-state index contributed by atoms with van der Waals surface area (Å²) in [7, 11) is 0. The summed E-state index contributed by atoms with van der Waals surface area (Å²) in [5.41, 5.74) is 2.90. The quantitative estimate of drug-likeness (QED) is 0.922. The standard InChI is InChI=1S/C13H13BrN2O2/c1-7-4-10(14)6-11(5-7)15-13(17)12-8(2)16-18-9(12)3/h4-6H,1-3H3,(H,15,17). The fourth-order valence-corrected chi connectivity index (χ4v) is 2.42. The summed E-state index contributed by atoms with van der Waals surface area (Å²) in [4.78, 5) is 12.1. The van der Waals surface area contributed by atoms with Crippen LogP contribution in [0.2, 0.25) is 0 Å². The summed E-state index contributed by atoms with van der Waals surface area (Å²) in [6.45, 7) is 5.44. The molecule has 0 fully saturated rings. The molecule has 1 N–H and O–H groups in total. The van der Waals surface area contributed by atoms with Gasteiger partial charge in [0.25, 0.3) is 5.91 Å². The van der Waals surface area contributed by atoms with E-state index in [1.165, 1.54) is 0 Å². The minimum Gasteiger partial charge on any atom is -0.361 e. The molecule has 2 aromatic rings. The average molecular weight is 309 g/mol. The van der Waals surface area contributed by atoms with Gasteiger partial charge in [-0.05, 0) is 44.5 Å². The Morgan fingerprint density at radius 2 is 2.00 bits per heavy atom. The summed E-state index contributed by atoms with van der Waals surface area (Å²) in [6, 6.07) is 5.73. The summed E-state index contributed by atoms with van der Waals surface area (Å²) in [5, 5.41) is 6.61. The Morgan fingerprint density at radius 1 is 1.28 bits per heavy atom. The van der Waals surface area contributed by atoms with E-state index in [1.807, 2.05) is 25.1 Å². The molecule has 1 heterocycles. The number of carbonyl (C=O) groups is 1. The van der Waals surface area contributed by atoms with E-state index in [0.717, 1.165) is 15.7 Å². The highest BCUT2D eigenvalue weighted by molar-refractivity contribution is 9.10. The van der Waals surface area contributed by atoms with Crippen LogP contribution >= 0.6 is 15.9 Å². The molecule has 94 valence electrons. The molecular weight excluding hydrogens is 296 g/mol. The van der Waals surface area contributed by atoms with Crippen LogP contribution < -0.4 is 5.32 Å². The molecule has 1 amide bonds. The van der Waals surface area contributed by atoms with Gasteiger partial charge in [-0.25, -0.2) is 0 Å². The average Bonchev–Trinajstić information content (AvgIpc) is 2.56. The van der Waals surface area contributed by atoms with Crippen LogP contribution in [-0.4, -0.2) is 11.1 Å². The number of hydrogen-bond donors (Lipinski definition) is 1. The Morgan fingerprint density at radius 3 is 2.56 bits per heavy atom. The van der Waals surface area contributed by atoms with Gasteiger partial charge in [-0.2, -0.15) is 0 Å². The van der Waals surface area contributed by atoms with Gasteiger partial charge >= 0.3 is 0 Å². The number of aryl methyl sites for hydroxylation is 3. The van der Waals surface area contributed by atoms with E-state index in [1.54, 1.807) is 13.8 Å². The lowest BCUT2D eigenvalue weighted by Gasteiger charge is -2.06. The van der Waals surface area contributed by atoms with E-state index in [4.69, 9.17) is 4.52 Å². The van der Waals surface area contributed by atoms with Crippen LogP contribution in [0.15, 0.2) is 27.2 Å². The highest BCUT2D eigenvalue weighted by Crippen LogP contribution is 2.21. The van der Waals surface area contributed by atoms with Crippen LogP contribution in [0.4, 0.5) is 5.69 Å². The second-order valence-electron chi connectivity index (χ2n) is 4.17. The second-order valence-corrected chi connectivity index (χ2v) is 5.09. The van der Waals surface area contributed by atoms with Crippen LogP contribution in [0.25, 0.3) is 0 Å². The third-order valence-electron chi connectivity index (χ3n) is 2.56. The van der Waals surface area contributed by atoms with Crippen molar-refractivity contribution in [2.75, 3.05) is 5.32 Å². The number of hydrogen-bond acceptors (Lipinski definition) is 3. The van der Waals surface area contributed by atoms with Gasteiger partial charge in [-0.1, -0.05) is 21.1 Å². The summed E-state index contributed by atoms with van der Waals surface area (Å²) >= 11 is 3.40. The van der Waals surface area contributed by atoms with E-state index >= 15 is 0 Å². The Bertz CT molecular complexity index is 565. The smallest absolute Gasteiger partial charge is 0.261 e. The number of anilines is 1. The monoisotopic (exact) mass is 308 g/mol. The fourth-order valence-electron chi connectivity index (χ4n) is 1.81. The topological polar surface area (TPSA) is 55.1 Å². The van der Waals surface area contributed by atoms with Crippen molar-refractivity contribution >= 4 is 27.5 Å². The maximum atomic E-state index is 12.1. The minimum absolute atomic E-state index is 0.205.